The number of carbonyl (C=O) groups is 3. The quantitative estimate of drug-likeness (QED) is 0.162. The van der Waals surface area contributed by atoms with Crippen LogP contribution in [-0.2, 0) is 25.8 Å². The number of pyridine rings is 1. The summed E-state index contributed by atoms with van der Waals surface area (Å²) in [4.78, 5) is 48.2. The molecule has 15 heteroatoms. The number of anilines is 1. The van der Waals surface area contributed by atoms with Gasteiger partial charge in [-0.15, -0.1) is 23.1 Å². The summed E-state index contributed by atoms with van der Waals surface area (Å²) in [5.74, 6) is -2.04. The number of thiazole rings is 1. The molecule has 186 valence electrons. The van der Waals surface area contributed by atoms with Gasteiger partial charge >= 0.3 is 5.97 Å². The molecule has 36 heavy (non-hydrogen) atoms. The van der Waals surface area contributed by atoms with Gasteiger partial charge in [0.2, 0.25) is 0 Å². The fourth-order valence-corrected chi connectivity index (χ4v) is 6.13. The molecule has 0 aromatic carbocycles. The number of nitrogen functional groups attached to an aromatic ring is 1. The van der Waals surface area contributed by atoms with E-state index in [1.54, 1.807) is 16.2 Å². The maximum absolute atomic E-state index is 13.1. The molecule has 3 aromatic rings. The van der Waals surface area contributed by atoms with Crippen LogP contribution in [0.15, 0.2) is 46.5 Å². The van der Waals surface area contributed by atoms with Crippen molar-refractivity contribution in [2.45, 2.75) is 24.9 Å². The summed E-state index contributed by atoms with van der Waals surface area (Å²) in [5.41, 5.74) is 8.04. The van der Waals surface area contributed by atoms with Crippen LogP contribution in [0.25, 0.3) is 5.65 Å². The lowest BCUT2D eigenvalue weighted by Crippen LogP contribution is -2.71. The minimum absolute atomic E-state index is 0.0762. The number of hydrogen-bond acceptors (Lipinski definition) is 10. The van der Waals surface area contributed by atoms with Crippen LogP contribution in [0.2, 0.25) is 0 Å². The lowest BCUT2D eigenvalue weighted by atomic mass is 10.0. The van der Waals surface area contributed by atoms with E-state index in [9.17, 15) is 19.5 Å². The molecule has 0 bridgehead atoms. The van der Waals surface area contributed by atoms with Gasteiger partial charge in [-0.25, -0.2) is 14.3 Å². The summed E-state index contributed by atoms with van der Waals surface area (Å²) in [7, 11) is 1.28. The van der Waals surface area contributed by atoms with Crippen molar-refractivity contribution in [1.82, 2.24) is 24.8 Å². The molecule has 2 unspecified atom stereocenters. The number of amides is 2. The molecule has 3 aromatic heterocycles. The van der Waals surface area contributed by atoms with E-state index in [2.05, 4.69) is 20.6 Å². The number of thioether (sulfide) groups is 1. The number of β-lactam (4-membered cyclic amide) rings is 1. The Kier molecular flexibility index (Phi) is 6.09. The standard InChI is InChI=1S/C21H20N8O5S2/c1-10-4-3-5-28-17(10)27(9-23-28)6-11-7-35-19-14(18(31)29(19)15(11)20(32)33)25-16(30)13(26-34-2)12-8-36-21(22)24-12/h3-5,8-9,14,19H,6-7H2,1-2H3,(H3-,22,24,25,30,32,33)/p+1/b26-13+. The second-order valence-electron chi connectivity index (χ2n) is 8.03. The molecular weight excluding hydrogens is 508 g/mol. The van der Waals surface area contributed by atoms with Gasteiger partial charge in [0.05, 0.1) is 6.54 Å². The van der Waals surface area contributed by atoms with E-state index >= 15 is 0 Å². The van der Waals surface area contributed by atoms with Gasteiger partial charge in [0.1, 0.15) is 36.1 Å². The highest BCUT2D eigenvalue weighted by atomic mass is 32.2. The van der Waals surface area contributed by atoms with Gasteiger partial charge in [-0.05, 0) is 19.1 Å². The molecule has 0 spiro atoms. The monoisotopic (exact) mass is 529 g/mol. The molecule has 0 radical (unpaired) electrons. The largest absolute Gasteiger partial charge is 0.477 e. The first-order valence-corrected chi connectivity index (χ1v) is 12.6. The fraction of sp³-hybridized carbons (Fsp3) is 0.286. The van der Waals surface area contributed by atoms with E-state index in [1.165, 1.54) is 23.8 Å². The molecular formula is C21H21N8O5S2+. The molecule has 0 saturated carbocycles. The number of aryl methyl sites for hydroxylation is 1. The summed E-state index contributed by atoms with van der Waals surface area (Å²) in [6.07, 6.45) is 3.44. The van der Waals surface area contributed by atoms with E-state index in [-0.39, 0.29) is 28.8 Å². The molecule has 5 heterocycles. The van der Waals surface area contributed by atoms with Crippen molar-refractivity contribution < 1.29 is 28.9 Å². The molecule has 13 nitrogen and oxygen atoms in total. The average Bonchev–Trinajstić information content (AvgIpc) is 3.47. The third-order valence-corrected chi connectivity index (χ3v) is 7.80. The number of carboxylic acid groups (broad SMARTS) is 1. The van der Waals surface area contributed by atoms with Gasteiger partial charge in [-0.2, -0.15) is 0 Å². The van der Waals surface area contributed by atoms with Gasteiger partial charge in [-0.1, -0.05) is 9.67 Å². The Morgan fingerprint density at radius 1 is 1.44 bits per heavy atom. The zero-order valence-corrected chi connectivity index (χ0v) is 20.7. The number of rotatable bonds is 7. The third kappa shape index (κ3) is 3.95. The summed E-state index contributed by atoms with van der Waals surface area (Å²) in [6, 6.07) is 2.89. The highest BCUT2D eigenvalue weighted by Crippen LogP contribution is 2.40. The van der Waals surface area contributed by atoms with Gasteiger partial charge in [0.15, 0.2) is 10.8 Å². The Morgan fingerprint density at radius 3 is 2.94 bits per heavy atom. The Morgan fingerprint density at radius 2 is 2.25 bits per heavy atom. The first-order chi connectivity index (χ1) is 17.3. The molecule has 2 aliphatic rings. The number of fused-ring (bicyclic) bond motifs is 2. The minimum atomic E-state index is -1.21. The van der Waals surface area contributed by atoms with E-state index in [4.69, 9.17) is 10.6 Å². The number of carbonyl (C=O) groups excluding carboxylic acids is 2. The molecule has 2 aliphatic heterocycles. The molecule has 2 atom stereocenters. The Bertz CT molecular complexity index is 1460. The highest BCUT2D eigenvalue weighted by molar-refractivity contribution is 8.00. The number of oxime groups is 1. The van der Waals surface area contributed by atoms with Gasteiger partial charge in [0, 0.05) is 27.4 Å². The van der Waals surface area contributed by atoms with Crippen molar-refractivity contribution in [1.29, 1.82) is 0 Å². The lowest BCUT2D eigenvalue weighted by Gasteiger charge is -2.49. The second kappa shape index (κ2) is 9.23. The summed E-state index contributed by atoms with van der Waals surface area (Å²) in [5, 5.41) is 21.9. The van der Waals surface area contributed by atoms with Crippen LogP contribution in [0.1, 0.15) is 11.3 Å². The lowest BCUT2D eigenvalue weighted by molar-refractivity contribution is -0.664. The molecule has 2 amide bonds. The highest BCUT2D eigenvalue weighted by Gasteiger charge is 2.54. The number of nitrogens with one attached hydrogen (secondary N) is 1. The fourth-order valence-electron chi connectivity index (χ4n) is 4.25. The number of aromatic nitrogens is 4. The van der Waals surface area contributed by atoms with Crippen molar-refractivity contribution in [3.05, 3.63) is 52.6 Å². The van der Waals surface area contributed by atoms with Crippen LogP contribution < -0.4 is 15.6 Å². The first-order valence-electron chi connectivity index (χ1n) is 10.7. The Balaban J connectivity index is 1.38. The van der Waals surface area contributed by atoms with E-state index in [0.717, 1.165) is 22.5 Å². The summed E-state index contributed by atoms with van der Waals surface area (Å²) >= 11 is 2.51. The number of nitrogens with two attached hydrogens (primary N) is 1. The van der Waals surface area contributed by atoms with Crippen molar-refractivity contribution >= 4 is 57.4 Å². The van der Waals surface area contributed by atoms with Crippen molar-refractivity contribution in [2.24, 2.45) is 5.16 Å². The maximum Gasteiger partial charge on any atom is 0.352 e. The predicted molar refractivity (Wildman–Crippen MR) is 130 cm³/mol. The van der Waals surface area contributed by atoms with E-state index in [1.807, 2.05) is 29.8 Å². The summed E-state index contributed by atoms with van der Waals surface area (Å²) in [6.45, 7) is 2.20. The smallest absolute Gasteiger partial charge is 0.352 e. The number of carboxylic acids is 1. The van der Waals surface area contributed by atoms with Gasteiger partial charge in [0.25, 0.3) is 23.8 Å². The molecule has 1 fully saturated rings. The minimum Gasteiger partial charge on any atom is -0.477 e. The van der Waals surface area contributed by atoms with Crippen LogP contribution in [-0.4, -0.2) is 72.4 Å². The van der Waals surface area contributed by atoms with Gasteiger partial charge < -0.3 is 21.0 Å². The van der Waals surface area contributed by atoms with Crippen LogP contribution in [0, 0.1) is 6.92 Å². The van der Waals surface area contributed by atoms with Crippen LogP contribution >= 0.6 is 23.1 Å². The number of nitrogens with zero attached hydrogens (tertiary/aromatic N) is 6. The zero-order valence-electron chi connectivity index (χ0n) is 19.1. The van der Waals surface area contributed by atoms with Crippen LogP contribution in [0.4, 0.5) is 5.13 Å². The van der Waals surface area contributed by atoms with Crippen LogP contribution in [0.3, 0.4) is 0 Å². The average molecular weight is 530 g/mol. The topological polar surface area (TPSA) is 168 Å². The first kappa shape index (κ1) is 23.7. The summed E-state index contributed by atoms with van der Waals surface area (Å²) < 4.78 is 3.57. The molecule has 4 N–H and O–H groups in total. The second-order valence-corrected chi connectivity index (χ2v) is 10.0. The third-order valence-electron chi connectivity index (χ3n) is 5.79. The van der Waals surface area contributed by atoms with E-state index in [0.29, 0.717) is 11.3 Å². The zero-order chi connectivity index (χ0) is 25.6. The predicted octanol–water partition coefficient (Wildman–Crippen LogP) is -0.242. The van der Waals surface area contributed by atoms with Gasteiger partial charge in [-0.3, -0.25) is 14.5 Å². The number of hydrogen-bond donors (Lipinski definition) is 3. The van der Waals surface area contributed by atoms with E-state index < -0.39 is 29.2 Å². The molecule has 5 rings (SSSR count). The molecule has 0 aliphatic carbocycles. The maximum atomic E-state index is 13.1. The van der Waals surface area contributed by atoms with Crippen molar-refractivity contribution in [3.8, 4) is 0 Å². The normalized spacial score (nSPS) is 19.8. The SMILES string of the molecule is CO/N=C(/C(=O)NC1C(=O)N2C(C(=O)O)=C(C[n+]3cnn4cccc(C)c43)CSC12)c1csc(N)n1. The van der Waals surface area contributed by atoms with Crippen molar-refractivity contribution in [3.63, 3.8) is 0 Å². The Labute approximate surface area is 212 Å². The Hall–Kier alpha value is -3.98. The van der Waals surface area contributed by atoms with Crippen LogP contribution in [0.5, 0.6) is 0 Å². The molecule has 1 saturated heterocycles. The number of aliphatic carboxylic acids is 1. The van der Waals surface area contributed by atoms with Crippen molar-refractivity contribution in [2.75, 3.05) is 18.6 Å².